The van der Waals surface area contributed by atoms with E-state index in [-0.39, 0.29) is 6.03 Å². The first kappa shape index (κ1) is 20.4. The number of nitrogens with one attached hydrogen (secondary N) is 2. The van der Waals surface area contributed by atoms with E-state index in [1.807, 2.05) is 54.3 Å². The maximum Gasteiger partial charge on any atom is 0.321 e. The third-order valence-corrected chi connectivity index (χ3v) is 5.14. The number of urea groups is 1. The minimum atomic E-state index is -0.104. The number of aryl methyl sites for hydroxylation is 1. The Kier molecular flexibility index (Phi) is 6.11. The summed E-state index contributed by atoms with van der Waals surface area (Å²) in [5.41, 5.74) is 1.74. The smallest absolute Gasteiger partial charge is 0.321 e. The molecule has 1 aliphatic rings. The molecular formula is C22H25N7O2. The highest BCUT2D eigenvalue weighted by Gasteiger charge is 2.22. The normalized spacial score (nSPS) is 13.6. The van der Waals surface area contributed by atoms with Gasteiger partial charge in [-0.05, 0) is 42.8 Å². The lowest BCUT2D eigenvalue weighted by atomic mass is 10.2. The average molecular weight is 419 g/mol. The van der Waals surface area contributed by atoms with Gasteiger partial charge in [-0.25, -0.2) is 19.7 Å². The van der Waals surface area contributed by atoms with Crippen LogP contribution in [0.5, 0.6) is 5.75 Å². The summed E-state index contributed by atoms with van der Waals surface area (Å²) >= 11 is 0. The second-order valence-electron chi connectivity index (χ2n) is 7.19. The van der Waals surface area contributed by atoms with Crippen molar-refractivity contribution in [3.8, 4) is 5.75 Å². The molecule has 0 saturated carbocycles. The van der Waals surface area contributed by atoms with Crippen LogP contribution in [0.25, 0.3) is 0 Å². The highest BCUT2D eigenvalue weighted by atomic mass is 16.5. The number of anilines is 4. The van der Waals surface area contributed by atoms with Crippen LogP contribution in [0, 0.1) is 6.92 Å². The van der Waals surface area contributed by atoms with Gasteiger partial charge in [0.05, 0.1) is 7.11 Å². The zero-order chi connectivity index (χ0) is 21.6. The van der Waals surface area contributed by atoms with Gasteiger partial charge in [-0.2, -0.15) is 0 Å². The Morgan fingerprint density at radius 2 is 1.84 bits per heavy atom. The van der Waals surface area contributed by atoms with E-state index in [9.17, 15) is 4.79 Å². The monoisotopic (exact) mass is 419 g/mol. The first-order chi connectivity index (χ1) is 15.1. The number of carbonyl (C=O) groups is 1. The third-order valence-electron chi connectivity index (χ3n) is 5.14. The number of benzene rings is 1. The maximum atomic E-state index is 12.7. The Labute approximate surface area is 181 Å². The molecule has 31 heavy (non-hydrogen) atoms. The molecule has 9 nitrogen and oxygen atoms in total. The van der Waals surface area contributed by atoms with Gasteiger partial charge in [0.15, 0.2) is 0 Å². The van der Waals surface area contributed by atoms with Crippen molar-refractivity contribution in [3.63, 3.8) is 0 Å². The molecule has 1 fully saturated rings. The van der Waals surface area contributed by atoms with Gasteiger partial charge in [0.25, 0.3) is 0 Å². The molecule has 0 atom stereocenters. The van der Waals surface area contributed by atoms with Crippen LogP contribution in [0.2, 0.25) is 0 Å². The molecular weight excluding hydrogens is 394 g/mol. The predicted molar refractivity (Wildman–Crippen MR) is 120 cm³/mol. The second-order valence-corrected chi connectivity index (χ2v) is 7.19. The molecule has 0 unspecified atom stereocenters. The first-order valence-electron chi connectivity index (χ1n) is 10.1. The summed E-state index contributed by atoms with van der Waals surface area (Å²) in [5, 5.41) is 6.17. The molecule has 0 radical (unpaired) electrons. The summed E-state index contributed by atoms with van der Waals surface area (Å²) in [7, 11) is 1.63. The van der Waals surface area contributed by atoms with E-state index in [2.05, 4.69) is 30.5 Å². The summed E-state index contributed by atoms with van der Waals surface area (Å²) in [6, 6.07) is 13.0. The lowest BCUT2D eigenvalue weighted by Crippen LogP contribution is -2.50. The van der Waals surface area contributed by atoms with Crippen molar-refractivity contribution in [1.29, 1.82) is 0 Å². The standard InChI is InChI=1S/C22H25N7O2/c1-16-13-17(31-2)6-7-18(16)26-22(30)29-11-9-28(10-12-29)21-14-20(24-15-25-21)27-19-5-3-4-8-23-19/h3-8,13-15H,9-12H2,1-2H3,(H,26,30)(H,23,24,25,27). The van der Waals surface area contributed by atoms with Gasteiger partial charge in [0.1, 0.15) is 29.5 Å². The molecule has 0 bridgehead atoms. The van der Waals surface area contributed by atoms with Gasteiger partial charge >= 0.3 is 6.03 Å². The van der Waals surface area contributed by atoms with Crippen LogP contribution in [-0.4, -0.2) is 59.2 Å². The fourth-order valence-electron chi connectivity index (χ4n) is 3.39. The molecule has 0 aliphatic carbocycles. The minimum absolute atomic E-state index is 0.104. The van der Waals surface area contributed by atoms with Crippen LogP contribution in [0.3, 0.4) is 0 Å². The summed E-state index contributed by atoms with van der Waals surface area (Å²) in [4.78, 5) is 29.6. The molecule has 3 heterocycles. The summed E-state index contributed by atoms with van der Waals surface area (Å²) in [6.45, 7) is 4.54. The molecule has 2 N–H and O–H groups in total. The number of nitrogens with zero attached hydrogens (tertiary/aromatic N) is 5. The lowest BCUT2D eigenvalue weighted by molar-refractivity contribution is 0.208. The number of hydrogen-bond donors (Lipinski definition) is 2. The molecule has 2 amide bonds. The fraction of sp³-hybridized carbons (Fsp3) is 0.273. The van der Waals surface area contributed by atoms with E-state index in [0.717, 1.165) is 28.6 Å². The van der Waals surface area contributed by atoms with E-state index in [1.54, 1.807) is 13.3 Å². The van der Waals surface area contributed by atoms with E-state index in [4.69, 9.17) is 4.74 Å². The quantitative estimate of drug-likeness (QED) is 0.655. The first-order valence-corrected chi connectivity index (χ1v) is 10.1. The molecule has 3 aromatic rings. The maximum absolute atomic E-state index is 12.7. The summed E-state index contributed by atoms with van der Waals surface area (Å²) in [5.74, 6) is 2.99. The predicted octanol–water partition coefficient (Wildman–Crippen LogP) is 3.29. The summed E-state index contributed by atoms with van der Waals surface area (Å²) in [6.07, 6.45) is 3.26. The largest absolute Gasteiger partial charge is 0.497 e. The number of carbonyl (C=O) groups excluding carboxylic acids is 1. The molecule has 1 saturated heterocycles. The van der Waals surface area contributed by atoms with E-state index in [1.165, 1.54) is 6.33 Å². The van der Waals surface area contributed by atoms with Gasteiger partial charge in [-0.1, -0.05) is 6.07 Å². The van der Waals surface area contributed by atoms with Crippen LogP contribution in [0.15, 0.2) is 55.0 Å². The Balaban J connectivity index is 1.34. The van der Waals surface area contributed by atoms with Gasteiger partial charge in [0, 0.05) is 44.1 Å². The zero-order valence-electron chi connectivity index (χ0n) is 17.6. The SMILES string of the molecule is COc1ccc(NC(=O)N2CCN(c3cc(Nc4ccccn4)ncn3)CC2)c(C)c1. The molecule has 2 aromatic heterocycles. The lowest BCUT2D eigenvalue weighted by Gasteiger charge is -2.35. The number of methoxy groups -OCH3 is 1. The van der Waals surface area contributed by atoms with Crippen molar-refractivity contribution in [2.45, 2.75) is 6.92 Å². The number of piperazine rings is 1. The molecule has 4 rings (SSSR count). The fourth-order valence-corrected chi connectivity index (χ4v) is 3.39. The van der Waals surface area contributed by atoms with Crippen molar-refractivity contribution < 1.29 is 9.53 Å². The number of hydrogen-bond acceptors (Lipinski definition) is 7. The van der Waals surface area contributed by atoms with Crippen molar-refractivity contribution >= 4 is 29.2 Å². The van der Waals surface area contributed by atoms with Gasteiger partial charge in [-0.3, -0.25) is 0 Å². The van der Waals surface area contributed by atoms with Crippen molar-refractivity contribution in [3.05, 3.63) is 60.6 Å². The number of amides is 2. The molecule has 160 valence electrons. The molecule has 1 aliphatic heterocycles. The highest BCUT2D eigenvalue weighted by Crippen LogP contribution is 2.22. The number of rotatable bonds is 5. The number of ether oxygens (including phenoxy) is 1. The van der Waals surface area contributed by atoms with Crippen LogP contribution < -0.4 is 20.3 Å². The van der Waals surface area contributed by atoms with E-state index >= 15 is 0 Å². The Hall–Kier alpha value is -3.88. The third kappa shape index (κ3) is 5.00. The Morgan fingerprint density at radius 1 is 1.00 bits per heavy atom. The van der Waals surface area contributed by atoms with Crippen molar-refractivity contribution in [1.82, 2.24) is 19.9 Å². The van der Waals surface area contributed by atoms with Gasteiger partial charge in [0.2, 0.25) is 0 Å². The van der Waals surface area contributed by atoms with Crippen LogP contribution >= 0.6 is 0 Å². The molecule has 1 aromatic carbocycles. The van der Waals surface area contributed by atoms with Crippen molar-refractivity contribution in [2.24, 2.45) is 0 Å². The van der Waals surface area contributed by atoms with Crippen LogP contribution in [0.1, 0.15) is 5.56 Å². The Morgan fingerprint density at radius 3 is 2.55 bits per heavy atom. The van der Waals surface area contributed by atoms with Gasteiger partial charge in [-0.15, -0.1) is 0 Å². The van der Waals surface area contributed by atoms with Crippen LogP contribution in [-0.2, 0) is 0 Å². The van der Waals surface area contributed by atoms with Gasteiger partial charge < -0.3 is 25.2 Å². The topological polar surface area (TPSA) is 95.5 Å². The Bertz CT molecular complexity index is 1040. The van der Waals surface area contributed by atoms with Crippen LogP contribution in [0.4, 0.5) is 27.9 Å². The zero-order valence-corrected chi connectivity index (χ0v) is 17.6. The highest BCUT2D eigenvalue weighted by molar-refractivity contribution is 5.90. The average Bonchev–Trinajstić information content (AvgIpc) is 2.81. The van der Waals surface area contributed by atoms with Crippen molar-refractivity contribution in [2.75, 3.05) is 48.8 Å². The number of pyridine rings is 1. The van der Waals surface area contributed by atoms with E-state index in [0.29, 0.717) is 32.0 Å². The minimum Gasteiger partial charge on any atom is -0.497 e. The molecule has 9 heteroatoms. The summed E-state index contributed by atoms with van der Waals surface area (Å²) < 4.78 is 5.22. The second kappa shape index (κ2) is 9.29. The number of aromatic nitrogens is 3. The molecule has 0 spiro atoms. The van der Waals surface area contributed by atoms with E-state index < -0.39 is 0 Å².